The molecule has 0 atom stereocenters. The molecule has 1 aliphatic heterocycles. The van der Waals surface area contributed by atoms with Crippen molar-refractivity contribution in [3.8, 4) is 11.3 Å². The van der Waals surface area contributed by atoms with E-state index in [0.29, 0.717) is 0 Å². The van der Waals surface area contributed by atoms with E-state index < -0.39 is 0 Å². The van der Waals surface area contributed by atoms with Crippen molar-refractivity contribution in [3.05, 3.63) is 107 Å². The van der Waals surface area contributed by atoms with Gasteiger partial charge < -0.3 is 10.1 Å². The average Bonchev–Trinajstić information content (AvgIpc) is 2.79. The molecule has 0 fully saturated rings. The smallest absolute Gasteiger partial charge is 0.155 e. The fourth-order valence-corrected chi connectivity index (χ4v) is 5.21. The van der Waals surface area contributed by atoms with Crippen molar-refractivity contribution >= 4 is 39.3 Å². The van der Waals surface area contributed by atoms with Crippen LogP contribution in [0.1, 0.15) is 36.1 Å². The third-order valence-electron chi connectivity index (χ3n) is 5.28. The minimum atomic E-state index is -0.125. The Morgan fingerprint density at radius 3 is 2.40 bits per heavy atom. The van der Waals surface area contributed by atoms with Crippen LogP contribution < -0.4 is 0 Å². The number of nitrogens with zero attached hydrogens (tertiary/aromatic N) is 1. The number of aliphatic hydroxyl groups excluding tert-OH is 1. The van der Waals surface area contributed by atoms with E-state index in [9.17, 15) is 4.79 Å². The maximum absolute atomic E-state index is 10.0. The van der Waals surface area contributed by atoms with Crippen LogP contribution in [0.4, 0.5) is 0 Å². The number of aromatic nitrogens is 1. The van der Waals surface area contributed by atoms with Crippen molar-refractivity contribution in [3.63, 3.8) is 0 Å². The van der Waals surface area contributed by atoms with E-state index in [4.69, 9.17) is 10.1 Å². The molecule has 1 aromatic heterocycles. The van der Waals surface area contributed by atoms with Crippen LogP contribution in [0.15, 0.2) is 83.6 Å². The number of ketones is 1. The maximum atomic E-state index is 10.0. The van der Waals surface area contributed by atoms with Crippen molar-refractivity contribution < 1.29 is 30.0 Å². The first-order valence-electron chi connectivity index (χ1n) is 11.1. The van der Waals surface area contributed by atoms with Gasteiger partial charge in [-0.2, -0.15) is 0 Å². The van der Waals surface area contributed by atoms with Gasteiger partial charge in [0.05, 0.1) is 5.76 Å². The Morgan fingerprint density at radius 2 is 1.77 bits per heavy atom. The number of allylic oxidation sites excluding steroid dienone is 2. The van der Waals surface area contributed by atoms with Gasteiger partial charge in [-0.3, -0.25) is 4.79 Å². The van der Waals surface area contributed by atoms with E-state index in [-0.39, 0.29) is 31.6 Å². The van der Waals surface area contributed by atoms with Gasteiger partial charge in [0.1, 0.15) is 0 Å². The van der Waals surface area contributed by atoms with Crippen LogP contribution in [0.2, 0.25) is 0 Å². The molecule has 0 aliphatic carbocycles. The van der Waals surface area contributed by atoms with E-state index >= 15 is 0 Å². The van der Waals surface area contributed by atoms with E-state index in [0.717, 1.165) is 16.8 Å². The Labute approximate surface area is 224 Å². The molecule has 35 heavy (non-hydrogen) atoms. The molecule has 1 N–H and O–H groups in total. The van der Waals surface area contributed by atoms with Crippen LogP contribution in [-0.4, -0.2) is 15.9 Å². The number of hydrogen-bond acceptors (Lipinski definition) is 4. The minimum Gasteiger partial charge on any atom is -0.512 e. The first-order chi connectivity index (χ1) is 16.3. The molecule has 5 heteroatoms. The Balaban J connectivity index is 0.000000378. The number of pyridine rings is 1. The summed E-state index contributed by atoms with van der Waals surface area (Å²) >= 11 is 1.84. The van der Waals surface area contributed by atoms with Crippen LogP contribution in [0.5, 0.6) is 0 Å². The monoisotopic (exact) mass is 657 g/mol. The number of aliphatic hydroxyl groups is 1. The molecule has 0 bridgehead atoms. The summed E-state index contributed by atoms with van der Waals surface area (Å²) in [5.41, 5.74) is 6.90. The van der Waals surface area contributed by atoms with Gasteiger partial charge in [0, 0.05) is 47.7 Å². The maximum Gasteiger partial charge on any atom is 0.155 e. The van der Waals surface area contributed by atoms with Crippen molar-refractivity contribution in [1.29, 1.82) is 0 Å². The number of thioether (sulfide) groups is 1. The molecule has 1 aliphatic rings. The van der Waals surface area contributed by atoms with Gasteiger partial charge in [0.25, 0.3) is 0 Å². The fraction of sp³-hybridized carbons (Fsp3) is 0.133. The summed E-state index contributed by atoms with van der Waals surface area (Å²) in [5.74, 6) is -0.0625. The largest absolute Gasteiger partial charge is 0.512 e. The number of carbonyl (C=O) groups is 1. The zero-order chi connectivity index (χ0) is 24.2. The number of carbonyl (C=O) groups excluding carboxylic acids is 1. The van der Waals surface area contributed by atoms with Gasteiger partial charge in [-0.1, -0.05) is 68.1 Å². The molecular formula is C30H26IrNO2S-. The molecule has 0 saturated carbocycles. The van der Waals surface area contributed by atoms with Crippen molar-refractivity contribution in [1.82, 2.24) is 4.98 Å². The van der Waals surface area contributed by atoms with Gasteiger partial charge in [-0.25, -0.2) is 0 Å². The summed E-state index contributed by atoms with van der Waals surface area (Å²) in [6.45, 7) is 7.06. The van der Waals surface area contributed by atoms with Gasteiger partial charge in [0.2, 0.25) is 0 Å². The van der Waals surface area contributed by atoms with Crippen LogP contribution in [0.3, 0.4) is 0 Å². The van der Waals surface area contributed by atoms with Crippen LogP contribution in [-0.2, 0) is 24.9 Å². The molecule has 0 amide bonds. The Hall–Kier alpha value is -2.98. The molecule has 2 heterocycles. The zero-order valence-electron chi connectivity index (χ0n) is 20.0. The second-order valence-electron chi connectivity index (χ2n) is 8.37. The summed E-state index contributed by atoms with van der Waals surface area (Å²) in [7, 11) is 0. The van der Waals surface area contributed by atoms with Gasteiger partial charge in [-0.05, 0) is 48.0 Å². The standard InChI is InChI=1S/C25H18NS.C5H8O2.Ir/c1-16-11-17(2)13-19(12-16)25-21-9-6-10-22-24(21)20(15-26-25)14-23(27-22)18-7-4-3-5-8-18;1-4(6)3-5(2)7;/h3-12,14-15H,1-2H3;3,6H,1-2H3;/q-1;;/b;4-3-;. The van der Waals surface area contributed by atoms with E-state index in [2.05, 4.69) is 86.7 Å². The SMILES string of the molecule is CC(=O)/C=C(/C)O.Cc1[c-]c(-c2ncc3c4c(cccc24)SC(c2ccccc2)=C3)cc(C)c1.[Ir]. The second kappa shape index (κ2) is 11.6. The molecular weight excluding hydrogens is 631 g/mol. The Bertz CT molecular complexity index is 1420. The summed E-state index contributed by atoms with van der Waals surface area (Å²) < 4.78 is 0. The fourth-order valence-electron chi connectivity index (χ4n) is 4.05. The number of rotatable bonds is 3. The molecule has 3 nitrogen and oxygen atoms in total. The normalized spacial score (nSPS) is 12.2. The van der Waals surface area contributed by atoms with Crippen LogP contribution >= 0.6 is 11.8 Å². The van der Waals surface area contributed by atoms with Gasteiger partial charge in [0.15, 0.2) is 5.78 Å². The summed E-state index contributed by atoms with van der Waals surface area (Å²) in [4.78, 5) is 17.4. The number of aryl methyl sites for hydroxylation is 2. The molecule has 1 radical (unpaired) electrons. The molecule has 3 aromatic carbocycles. The minimum absolute atomic E-state index is 0. The van der Waals surface area contributed by atoms with Gasteiger partial charge >= 0.3 is 0 Å². The summed E-state index contributed by atoms with van der Waals surface area (Å²) in [5, 5.41) is 10.9. The van der Waals surface area contributed by atoms with Crippen LogP contribution in [0.25, 0.3) is 33.0 Å². The third kappa shape index (κ3) is 6.37. The predicted molar refractivity (Wildman–Crippen MR) is 143 cm³/mol. The summed E-state index contributed by atoms with van der Waals surface area (Å²) in [6.07, 6.45) is 5.44. The van der Waals surface area contributed by atoms with E-state index in [1.165, 1.54) is 57.2 Å². The molecule has 179 valence electrons. The van der Waals surface area contributed by atoms with Crippen LogP contribution in [0, 0.1) is 19.9 Å². The summed E-state index contributed by atoms with van der Waals surface area (Å²) in [6, 6.07) is 24.9. The molecule has 0 saturated heterocycles. The average molecular weight is 657 g/mol. The quantitative estimate of drug-likeness (QED) is 0.138. The third-order valence-corrected chi connectivity index (χ3v) is 6.42. The number of benzene rings is 3. The second-order valence-corrected chi connectivity index (χ2v) is 9.45. The first kappa shape index (κ1) is 26.6. The Morgan fingerprint density at radius 1 is 1.03 bits per heavy atom. The molecule has 4 aromatic rings. The van der Waals surface area contributed by atoms with Gasteiger partial charge in [-0.15, -0.1) is 34.9 Å². The zero-order valence-corrected chi connectivity index (χ0v) is 23.3. The first-order valence-corrected chi connectivity index (χ1v) is 11.9. The topological polar surface area (TPSA) is 50.2 Å². The van der Waals surface area contributed by atoms with Crippen molar-refractivity contribution in [2.75, 3.05) is 0 Å². The Kier molecular flexibility index (Phi) is 8.85. The molecule has 0 spiro atoms. The number of hydrogen-bond donors (Lipinski definition) is 1. The van der Waals surface area contributed by atoms with Crippen molar-refractivity contribution in [2.45, 2.75) is 32.6 Å². The van der Waals surface area contributed by atoms with E-state index in [1.54, 1.807) is 0 Å². The molecule has 5 rings (SSSR count). The predicted octanol–water partition coefficient (Wildman–Crippen LogP) is 7.96. The van der Waals surface area contributed by atoms with E-state index in [1.807, 2.05) is 18.0 Å². The molecule has 0 unspecified atom stereocenters. The van der Waals surface area contributed by atoms with Crippen molar-refractivity contribution in [2.24, 2.45) is 0 Å².